The summed E-state index contributed by atoms with van der Waals surface area (Å²) in [7, 11) is 3.66. The van der Waals surface area contributed by atoms with E-state index in [0.29, 0.717) is 12.7 Å². The summed E-state index contributed by atoms with van der Waals surface area (Å²) in [6.45, 7) is 5.92. The van der Waals surface area contributed by atoms with Gasteiger partial charge in [-0.1, -0.05) is 32.6 Å². The number of nitrogens with one attached hydrogen (secondary N) is 1. The Kier molecular flexibility index (Phi) is 11.3. The fraction of sp³-hybridized carbons (Fsp3) is 1.00. The summed E-state index contributed by atoms with van der Waals surface area (Å²) in [5.74, 6) is 0. The molecule has 0 aromatic heterocycles. The second kappa shape index (κ2) is 11.4. The van der Waals surface area contributed by atoms with Gasteiger partial charge in [-0.15, -0.1) is 0 Å². The maximum atomic E-state index is 5.92. The summed E-state index contributed by atoms with van der Waals surface area (Å²) >= 11 is 0. The first-order chi connectivity index (χ1) is 7.74. The molecule has 0 aliphatic carbocycles. The minimum Gasteiger partial charge on any atom is -0.382 e. The van der Waals surface area contributed by atoms with Crippen molar-refractivity contribution in [1.82, 2.24) is 5.32 Å². The number of rotatable bonds is 11. The fourth-order valence-electron chi connectivity index (χ4n) is 1.82. The highest BCUT2D eigenvalue weighted by Gasteiger charge is 2.12. The molecule has 0 fully saturated rings. The van der Waals surface area contributed by atoms with Crippen LogP contribution < -0.4 is 5.32 Å². The Morgan fingerprint density at radius 1 is 1.19 bits per heavy atom. The molecule has 0 amide bonds. The molecule has 0 rings (SSSR count). The zero-order valence-electron chi connectivity index (χ0n) is 11.4. The van der Waals surface area contributed by atoms with Crippen LogP contribution in [0.1, 0.15) is 46.0 Å². The van der Waals surface area contributed by atoms with E-state index >= 15 is 0 Å². The van der Waals surface area contributed by atoms with E-state index < -0.39 is 0 Å². The van der Waals surface area contributed by atoms with Crippen LogP contribution in [0.5, 0.6) is 0 Å². The number of methoxy groups -OCH3 is 1. The van der Waals surface area contributed by atoms with Crippen LogP contribution in [-0.4, -0.2) is 39.5 Å². The average molecular weight is 231 g/mol. The van der Waals surface area contributed by atoms with E-state index in [1.54, 1.807) is 7.11 Å². The van der Waals surface area contributed by atoms with Crippen molar-refractivity contribution in [3.05, 3.63) is 0 Å². The predicted octanol–water partition coefficient (Wildman–Crippen LogP) is 2.60. The predicted molar refractivity (Wildman–Crippen MR) is 68.9 cm³/mol. The molecule has 16 heavy (non-hydrogen) atoms. The minimum atomic E-state index is 0.177. The maximum absolute atomic E-state index is 5.92. The number of hydrogen-bond donors (Lipinski definition) is 1. The summed E-state index contributed by atoms with van der Waals surface area (Å²) in [6.07, 6.45) is 6.90. The van der Waals surface area contributed by atoms with Gasteiger partial charge in [0.15, 0.2) is 0 Å². The summed E-state index contributed by atoms with van der Waals surface area (Å²) in [4.78, 5) is 0. The van der Waals surface area contributed by atoms with Crippen molar-refractivity contribution in [2.24, 2.45) is 0 Å². The normalized spacial score (nSPS) is 15.0. The smallest absolute Gasteiger partial charge is 0.0935 e. The molecule has 98 valence electrons. The Balaban J connectivity index is 3.59. The van der Waals surface area contributed by atoms with Gasteiger partial charge in [0.05, 0.1) is 18.8 Å². The van der Waals surface area contributed by atoms with E-state index in [2.05, 4.69) is 19.2 Å². The van der Waals surface area contributed by atoms with Gasteiger partial charge in [-0.05, 0) is 20.4 Å². The van der Waals surface area contributed by atoms with Gasteiger partial charge in [0.2, 0.25) is 0 Å². The molecule has 0 bridgehead atoms. The van der Waals surface area contributed by atoms with Crippen molar-refractivity contribution in [3.8, 4) is 0 Å². The molecule has 0 radical (unpaired) electrons. The van der Waals surface area contributed by atoms with Crippen molar-refractivity contribution in [1.29, 1.82) is 0 Å². The Labute approximate surface area is 101 Å². The lowest BCUT2D eigenvalue weighted by molar-refractivity contribution is -0.0423. The van der Waals surface area contributed by atoms with E-state index in [1.807, 2.05) is 7.05 Å². The largest absolute Gasteiger partial charge is 0.382 e. The van der Waals surface area contributed by atoms with Crippen LogP contribution in [0.4, 0.5) is 0 Å². The number of likely N-dealkylation sites (N-methyl/N-ethyl adjacent to an activating group) is 1. The standard InChI is InChI=1S/C13H29NO2/c1-5-6-7-8-9-12(2)16-13(10-14-3)11-15-4/h12-14H,5-11H2,1-4H3. The van der Waals surface area contributed by atoms with Crippen LogP contribution in [0.25, 0.3) is 0 Å². The highest BCUT2D eigenvalue weighted by molar-refractivity contribution is 4.62. The van der Waals surface area contributed by atoms with Crippen LogP contribution in [0.15, 0.2) is 0 Å². The van der Waals surface area contributed by atoms with Gasteiger partial charge < -0.3 is 14.8 Å². The van der Waals surface area contributed by atoms with Gasteiger partial charge in [0, 0.05) is 13.7 Å². The van der Waals surface area contributed by atoms with Gasteiger partial charge >= 0.3 is 0 Å². The van der Waals surface area contributed by atoms with Gasteiger partial charge in [-0.25, -0.2) is 0 Å². The van der Waals surface area contributed by atoms with Crippen molar-refractivity contribution in [3.63, 3.8) is 0 Å². The summed E-state index contributed by atoms with van der Waals surface area (Å²) in [5.41, 5.74) is 0. The molecule has 1 N–H and O–H groups in total. The molecule has 0 aromatic carbocycles. The first-order valence-corrected chi connectivity index (χ1v) is 6.53. The van der Waals surface area contributed by atoms with Gasteiger partial charge in [-0.3, -0.25) is 0 Å². The third kappa shape index (κ3) is 9.13. The lowest BCUT2D eigenvalue weighted by Gasteiger charge is -2.21. The third-order valence-corrected chi connectivity index (χ3v) is 2.67. The molecule has 0 saturated heterocycles. The first kappa shape index (κ1) is 15.9. The molecule has 0 saturated carbocycles. The first-order valence-electron chi connectivity index (χ1n) is 6.53. The SMILES string of the molecule is CCCCCCC(C)OC(CNC)COC. The van der Waals surface area contributed by atoms with E-state index in [4.69, 9.17) is 9.47 Å². The summed E-state index contributed by atoms with van der Waals surface area (Å²) in [5, 5.41) is 3.13. The Morgan fingerprint density at radius 3 is 2.50 bits per heavy atom. The Hall–Kier alpha value is -0.120. The second-order valence-corrected chi connectivity index (χ2v) is 4.43. The van der Waals surface area contributed by atoms with Crippen molar-refractivity contribution < 1.29 is 9.47 Å². The molecule has 2 atom stereocenters. The molecule has 0 aliphatic heterocycles. The Morgan fingerprint density at radius 2 is 1.94 bits per heavy atom. The van der Waals surface area contributed by atoms with E-state index in [9.17, 15) is 0 Å². The second-order valence-electron chi connectivity index (χ2n) is 4.43. The van der Waals surface area contributed by atoms with Crippen LogP contribution in [-0.2, 0) is 9.47 Å². The summed E-state index contributed by atoms with van der Waals surface area (Å²) in [6, 6.07) is 0. The van der Waals surface area contributed by atoms with Crippen molar-refractivity contribution >= 4 is 0 Å². The quantitative estimate of drug-likeness (QED) is 0.554. The molecule has 3 nitrogen and oxygen atoms in total. The van der Waals surface area contributed by atoms with Crippen LogP contribution in [0.2, 0.25) is 0 Å². The molecule has 0 spiro atoms. The lowest BCUT2D eigenvalue weighted by Crippen LogP contribution is -2.33. The van der Waals surface area contributed by atoms with Crippen molar-refractivity contribution in [2.75, 3.05) is 27.3 Å². The highest BCUT2D eigenvalue weighted by atomic mass is 16.5. The molecule has 2 unspecified atom stereocenters. The number of ether oxygens (including phenoxy) is 2. The van der Waals surface area contributed by atoms with E-state index in [0.717, 1.165) is 13.0 Å². The molecule has 3 heteroatoms. The van der Waals surface area contributed by atoms with Gasteiger partial charge in [0.25, 0.3) is 0 Å². The fourth-order valence-corrected chi connectivity index (χ4v) is 1.82. The lowest BCUT2D eigenvalue weighted by atomic mass is 10.1. The zero-order chi connectivity index (χ0) is 12.2. The third-order valence-electron chi connectivity index (χ3n) is 2.67. The maximum Gasteiger partial charge on any atom is 0.0935 e. The highest BCUT2D eigenvalue weighted by Crippen LogP contribution is 2.09. The number of unbranched alkanes of at least 4 members (excludes halogenated alkanes) is 3. The van der Waals surface area contributed by atoms with Gasteiger partial charge in [0.1, 0.15) is 0 Å². The van der Waals surface area contributed by atoms with E-state index in [-0.39, 0.29) is 6.10 Å². The summed E-state index contributed by atoms with van der Waals surface area (Å²) < 4.78 is 11.1. The molecular formula is C13H29NO2. The topological polar surface area (TPSA) is 30.5 Å². The molecule has 0 aromatic rings. The van der Waals surface area contributed by atoms with Gasteiger partial charge in [-0.2, -0.15) is 0 Å². The zero-order valence-corrected chi connectivity index (χ0v) is 11.4. The molecule has 0 aliphatic rings. The van der Waals surface area contributed by atoms with Crippen molar-refractivity contribution in [2.45, 2.75) is 58.2 Å². The Bertz CT molecular complexity index is 136. The van der Waals surface area contributed by atoms with Crippen LogP contribution in [0, 0.1) is 0 Å². The van der Waals surface area contributed by atoms with Crippen LogP contribution in [0.3, 0.4) is 0 Å². The minimum absolute atomic E-state index is 0.177. The van der Waals surface area contributed by atoms with E-state index in [1.165, 1.54) is 25.7 Å². The average Bonchev–Trinajstić information content (AvgIpc) is 2.25. The molecule has 0 heterocycles. The van der Waals surface area contributed by atoms with Crippen LogP contribution >= 0.6 is 0 Å². The monoisotopic (exact) mass is 231 g/mol. The number of hydrogen-bond acceptors (Lipinski definition) is 3. The molecular weight excluding hydrogens is 202 g/mol.